The molecule has 0 heterocycles. The van der Waals surface area contributed by atoms with Crippen molar-refractivity contribution in [2.45, 2.75) is 49.9 Å². The molecule has 0 bridgehead atoms. The van der Waals surface area contributed by atoms with E-state index in [-0.39, 0.29) is 12.4 Å². The summed E-state index contributed by atoms with van der Waals surface area (Å²) in [5.41, 5.74) is 1.95. The number of benzene rings is 2. The molecule has 2 aromatic carbocycles. The molecule has 0 fully saturated rings. The van der Waals surface area contributed by atoms with E-state index in [4.69, 9.17) is 4.89 Å². The quantitative estimate of drug-likeness (QED) is 0.175. The third-order valence-corrected chi connectivity index (χ3v) is 6.02. The molecule has 32 heavy (non-hydrogen) atoms. The van der Waals surface area contributed by atoms with Gasteiger partial charge in [0.15, 0.2) is 0 Å². The standard InChI is InChI=1S/C22H27F3NO4PS/c23-22(24,25)30-20-16-19(17-26-13-7-14-29-31(27)28)11-12-21(20)32-15-6-2-5-10-18-8-3-1-4-9-18/h1,3-4,8-9,11-12,16,26H,2,5-7,10,13-15,17H2/p+1. The minimum absolute atomic E-state index is 0.127. The van der Waals surface area contributed by atoms with Crippen LogP contribution in [0.25, 0.3) is 0 Å². The van der Waals surface area contributed by atoms with E-state index in [1.807, 2.05) is 18.2 Å². The van der Waals surface area contributed by atoms with E-state index in [1.165, 1.54) is 23.4 Å². The average Bonchev–Trinajstić information content (AvgIpc) is 2.73. The molecule has 0 saturated heterocycles. The second kappa shape index (κ2) is 14.5. The fourth-order valence-corrected chi connectivity index (χ4v) is 4.25. The molecular weight excluding hydrogens is 462 g/mol. The van der Waals surface area contributed by atoms with Crippen molar-refractivity contribution in [2.75, 3.05) is 18.9 Å². The molecule has 1 unspecified atom stereocenters. The molecule has 0 saturated carbocycles. The fraction of sp³-hybridized carbons (Fsp3) is 0.455. The van der Waals surface area contributed by atoms with Crippen LogP contribution in [0.5, 0.6) is 5.75 Å². The fourth-order valence-electron chi connectivity index (χ4n) is 2.99. The maximum Gasteiger partial charge on any atom is 0.694 e. The maximum absolute atomic E-state index is 12.9. The summed E-state index contributed by atoms with van der Waals surface area (Å²) in [7, 11) is -2.61. The van der Waals surface area contributed by atoms with Crippen molar-refractivity contribution in [1.82, 2.24) is 5.32 Å². The predicted molar refractivity (Wildman–Crippen MR) is 120 cm³/mol. The molecule has 0 aliphatic heterocycles. The first-order valence-electron chi connectivity index (χ1n) is 10.4. The Balaban J connectivity index is 1.78. The van der Waals surface area contributed by atoms with Crippen LogP contribution in [0.3, 0.4) is 0 Å². The topological polar surface area (TPSA) is 67.8 Å². The first-order valence-corrected chi connectivity index (χ1v) is 12.5. The number of aryl methyl sites for hydroxylation is 1. The van der Waals surface area contributed by atoms with Gasteiger partial charge in [0.1, 0.15) is 12.4 Å². The van der Waals surface area contributed by atoms with Gasteiger partial charge in [-0.15, -0.1) is 34.4 Å². The third-order valence-electron chi connectivity index (χ3n) is 4.47. The lowest BCUT2D eigenvalue weighted by Crippen LogP contribution is -2.19. The van der Waals surface area contributed by atoms with Crippen LogP contribution in [0.4, 0.5) is 13.2 Å². The van der Waals surface area contributed by atoms with Crippen LogP contribution < -0.4 is 10.1 Å². The van der Waals surface area contributed by atoms with Crippen molar-refractivity contribution < 1.29 is 31.9 Å². The number of hydrogen-bond acceptors (Lipinski definition) is 5. The van der Waals surface area contributed by atoms with Crippen LogP contribution in [0.15, 0.2) is 53.4 Å². The van der Waals surface area contributed by atoms with Crippen molar-refractivity contribution in [1.29, 1.82) is 0 Å². The summed E-state index contributed by atoms with van der Waals surface area (Å²) >= 11 is 1.37. The van der Waals surface area contributed by atoms with Crippen LogP contribution in [0, 0.1) is 0 Å². The van der Waals surface area contributed by atoms with Crippen molar-refractivity contribution in [3.8, 4) is 5.75 Å². The summed E-state index contributed by atoms with van der Waals surface area (Å²) in [6, 6.07) is 15.0. The van der Waals surface area contributed by atoms with Gasteiger partial charge >= 0.3 is 14.6 Å². The largest absolute Gasteiger partial charge is 0.694 e. The number of halogens is 3. The number of unbranched alkanes of at least 4 members (excludes halogenated alkanes) is 2. The van der Waals surface area contributed by atoms with Crippen molar-refractivity contribution >= 4 is 20.0 Å². The highest BCUT2D eigenvalue weighted by atomic mass is 32.2. The first kappa shape index (κ1) is 26.6. The van der Waals surface area contributed by atoms with Gasteiger partial charge in [-0.25, -0.2) is 0 Å². The first-order chi connectivity index (χ1) is 15.3. The van der Waals surface area contributed by atoms with E-state index in [9.17, 15) is 17.7 Å². The lowest BCUT2D eigenvalue weighted by Gasteiger charge is -2.15. The zero-order valence-corrected chi connectivity index (χ0v) is 19.4. The van der Waals surface area contributed by atoms with Crippen LogP contribution in [0.2, 0.25) is 0 Å². The summed E-state index contributed by atoms with van der Waals surface area (Å²) in [5.74, 6) is 0.528. The molecule has 0 aromatic heterocycles. The molecule has 2 aromatic rings. The molecule has 0 amide bonds. The molecule has 1 atom stereocenters. The third kappa shape index (κ3) is 11.8. The highest BCUT2D eigenvalue weighted by Crippen LogP contribution is 2.34. The molecule has 0 aliphatic carbocycles. The summed E-state index contributed by atoms with van der Waals surface area (Å²) in [5, 5.41) is 3.06. The van der Waals surface area contributed by atoms with Gasteiger partial charge in [-0.2, -0.15) is 0 Å². The number of hydrogen-bond donors (Lipinski definition) is 2. The summed E-state index contributed by atoms with van der Waals surface area (Å²) in [6.07, 6.45) is -0.288. The van der Waals surface area contributed by atoms with Crippen molar-refractivity contribution in [3.63, 3.8) is 0 Å². The SMILES string of the molecule is O=[P+](O)OCCCNCc1ccc(SCCCCCc2ccccc2)c(OC(F)(F)F)c1. The van der Waals surface area contributed by atoms with Crippen LogP contribution in [-0.2, 0) is 22.1 Å². The minimum atomic E-state index is -4.75. The molecule has 0 spiro atoms. The molecule has 2 rings (SSSR count). The van der Waals surface area contributed by atoms with Crippen LogP contribution in [0.1, 0.15) is 36.8 Å². The Morgan fingerprint density at radius 3 is 2.50 bits per heavy atom. The Bertz CT molecular complexity index is 825. The van der Waals surface area contributed by atoms with Gasteiger partial charge in [-0.3, -0.25) is 0 Å². The smallest absolute Gasteiger partial charge is 0.405 e. The Morgan fingerprint density at radius 2 is 1.78 bits per heavy atom. The van der Waals surface area contributed by atoms with Gasteiger partial charge in [-0.1, -0.05) is 42.8 Å². The monoisotopic (exact) mass is 490 g/mol. The average molecular weight is 491 g/mol. The van der Waals surface area contributed by atoms with Crippen LogP contribution in [-0.4, -0.2) is 30.2 Å². The lowest BCUT2D eigenvalue weighted by molar-refractivity contribution is -0.275. The normalized spacial score (nSPS) is 12.1. The van der Waals surface area contributed by atoms with E-state index < -0.39 is 14.6 Å². The van der Waals surface area contributed by atoms with E-state index in [0.29, 0.717) is 35.7 Å². The highest BCUT2D eigenvalue weighted by molar-refractivity contribution is 7.99. The van der Waals surface area contributed by atoms with Gasteiger partial charge < -0.3 is 10.1 Å². The van der Waals surface area contributed by atoms with Gasteiger partial charge in [0, 0.05) is 16.0 Å². The second-order valence-corrected chi connectivity index (χ2v) is 8.95. The summed E-state index contributed by atoms with van der Waals surface area (Å²) in [6.45, 7) is 0.976. The molecular formula is C22H28F3NO4PS+. The van der Waals surface area contributed by atoms with E-state index in [1.54, 1.807) is 12.1 Å². The Morgan fingerprint density at radius 1 is 1.00 bits per heavy atom. The van der Waals surface area contributed by atoms with E-state index in [2.05, 4.69) is 26.7 Å². The van der Waals surface area contributed by atoms with Gasteiger partial charge in [0.2, 0.25) is 0 Å². The molecule has 10 heteroatoms. The summed E-state index contributed by atoms with van der Waals surface area (Å²) in [4.78, 5) is 9.01. The second-order valence-electron chi connectivity index (χ2n) is 7.07. The zero-order valence-electron chi connectivity index (χ0n) is 17.6. The van der Waals surface area contributed by atoms with Crippen molar-refractivity contribution in [2.24, 2.45) is 0 Å². The minimum Gasteiger partial charge on any atom is -0.405 e. The Kier molecular flexibility index (Phi) is 12.1. The lowest BCUT2D eigenvalue weighted by atomic mass is 10.1. The number of alkyl halides is 3. The zero-order chi connectivity index (χ0) is 23.2. The molecule has 0 aliphatic rings. The number of rotatable bonds is 15. The molecule has 5 nitrogen and oxygen atoms in total. The van der Waals surface area contributed by atoms with Gasteiger partial charge in [0.25, 0.3) is 0 Å². The van der Waals surface area contributed by atoms with Gasteiger partial charge in [-0.05, 0) is 61.2 Å². The van der Waals surface area contributed by atoms with Crippen molar-refractivity contribution in [3.05, 3.63) is 59.7 Å². The Hall–Kier alpha value is -1.64. The summed E-state index contributed by atoms with van der Waals surface area (Å²) < 4.78 is 57.8. The molecule has 176 valence electrons. The highest BCUT2D eigenvalue weighted by Gasteiger charge is 2.32. The number of nitrogens with one attached hydrogen (secondary N) is 1. The Labute approximate surface area is 191 Å². The maximum atomic E-state index is 12.9. The molecule has 2 N–H and O–H groups in total. The predicted octanol–water partition coefficient (Wildman–Crippen LogP) is 6.24. The van der Waals surface area contributed by atoms with E-state index >= 15 is 0 Å². The van der Waals surface area contributed by atoms with E-state index in [0.717, 1.165) is 25.7 Å². The van der Waals surface area contributed by atoms with Gasteiger partial charge in [0.05, 0.1) is 0 Å². The number of thioether (sulfide) groups is 1. The molecule has 0 radical (unpaired) electrons. The number of ether oxygens (including phenoxy) is 1. The van der Waals surface area contributed by atoms with Crippen LogP contribution >= 0.6 is 20.0 Å².